The summed E-state index contributed by atoms with van der Waals surface area (Å²) in [5.41, 5.74) is -0.579. The number of nitrogens with zero attached hydrogens (tertiary/aromatic N) is 3. The molecule has 1 aromatic carbocycles. The molecule has 2 aromatic rings. The molecule has 2 N–H and O–H groups in total. The highest BCUT2D eigenvalue weighted by Crippen LogP contribution is 2.63. The van der Waals surface area contributed by atoms with Crippen LogP contribution in [0, 0.1) is 5.41 Å². The van der Waals surface area contributed by atoms with E-state index in [2.05, 4.69) is 36.0 Å². The SMILES string of the molecule is C=CC(C)(C)[C@@]12C[C@@]3(OC)C(=O)NC(=Cc4cn(C(C)(C)CC(C)=O)cn4)C(=O)N3[C@@H]1Nc1ccccc12. The Morgan fingerprint density at radius 1 is 1.26 bits per heavy atom. The van der Waals surface area contributed by atoms with Crippen LogP contribution in [0.1, 0.15) is 58.7 Å². The smallest absolute Gasteiger partial charge is 0.278 e. The van der Waals surface area contributed by atoms with Gasteiger partial charge in [0.2, 0.25) is 5.72 Å². The van der Waals surface area contributed by atoms with Crippen LogP contribution in [-0.4, -0.2) is 51.0 Å². The van der Waals surface area contributed by atoms with Crippen LogP contribution in [0.2, 0.25) is 0 Å². The predicted molar refractivity (Wildman–Crippen MR) is 144 cm³/mol. The Balaban J connectivity index is 1.59. The maximum Gasteiger partial charge on any atom is 0.278 e. The molecule has 38 heavy (non-hydrogen) atoms. The second kappa shape index (κ2) is 8.39. The number of Topliss-reactive ketones (excluding diaryl/α,β-unsaturated/α-hetero) is 1. The van der Waals surface area contributed by atoms with Gasteiger partial charge < -0.3 is 19.9 Å². The first-order valence-corrected chi connectivity index (χ1v) is 12.8. The number of allylic oxidation sites excluding steroid dienone is 1. The summed E-state index contributed by atoms with van der Waals surface area (Å²) in [6.45, 7) is 13.7. The van der Waals surface area contributed by atoms with Crippen molar-refractivity contribution >= 4 is 29.4 Å². The number of methoxy groups -OCH3 is 1. The Labute approximate surface area is 222 Å². The quantitative estimate of drug-likeness (QED) is 0.430. The van der Waals surface area contributed by atoms with Crippen molar-refractivity contribution in [2.24, 2.45) is 5.41 Å². The van der Waals surface area contributed by atoms with E-state index in [1.54, 1.807) is 30.4 Å². The van der Waals surface area contributed by atoms with Crippen LogP contribution in [0.5, 0.6) is 0 Å². The van der Waals surface area contributed by atoms with Crippen molar-refractivity contribution in [1.82, 2.24) is 19.8 Å². The minimum atomic E-state index is -1.50. The van der Waals surface area contributed by atoms with Gasteiger partial charge in [0.05, 0.1) is 12.0 Å². The van der Waals surface area contributed by atoms with E-state index in [4.69, 9.17) is 4.74 Å². The van der Waals surface area contributed by atoms with Gasteiger partial charge in [0, 0.05) is 42.8 Å². The Hall–Kier alpha value is -3.72. The summed E-state index contributed by atoms with van der Waals surface area (Å²) < 4.78 is 7.77. The van der Waals surface area contributed by atoms with Gasteiger partial charge in [-0.2, -0.15) is 0 Å². The van der Waals surface area contributed by atoms with Gasteiger partial charge in [0.25, 0.3) is 11.8 Å². The predicted octanol–water partition coefficient (Wildman–Crippen LogP) is 3.54. The molecule has 0 bridgehead atoms. The van der Waals surface area contributed by atoms with Crippen molar-refractivity contribution in [2.45, 2.75) is 70.3 Å². The number of hydrogen-bond donors (Lipinski definition) is 2. The Kier molecular flexibility index (Phi) is 5.72. The Morgan fingerprint density at radius 2 is 1.97 bits per heavy atom. The van der Waals surface area contributed by atoms with Gasteiger partial charge in [0.1, 0.15) is 17.6 Å². The third kappa shape index (κ3) is 3.41. The Bertz CT molecular complexity index is 1390. The number of hydrogen-bond acceptors (Lipinski definition) is 6. The van der Waals surface area contributed by atoms with Crippen molar-refractivity contribution in [3.05, 3.63) is 66.4 Å². The number of nitrogens with one attached hydrogen (secondary N) is 2. The number of amides is 2. The molecule has 4 heterocycles. The normalized spacial score (nSPS) is 27.5. The summed E-state index contributed by atoms with van der Waals surface area (Å²) in [6.07, 6.45) is 6.93. The number of ketones is 1. The summed E-state index contributed by atoms with van der Waals surface area (Å²) in [6, 6.07) is 7.95. The van der Waals surface area contributed by atoms with Gasteiger partial charge >= 0.3 is 0 Å². The van der Waals surface area contributed by atoms with Crippen LogP contribution in [-0.2, 0) is 30.1 Å². The van der Waals surface area contributed by atoms with E-state index in [1.807, 2.05) is 48.8 Å². The van der Waals surface area contributed by atoms with E-state index < -0.39 is 34.2 Å². The number of carbonyl (C=O) groups is 3. The van der Waals surface area contributed by atoms with Gasteiger partial charge in [-0.15, -0.1) is 6.58 Å². The Morgan fingerprint density at radius 3 is 2.63 bits per heavy atom. The van der Waals surface area contributed by atoms with E-state index in [9.17, 15) is 14.4 Å². The van der Waals surface area contributed by atoms with Crippen LogP contribution in [0.15, 0.2) is 55.1 Å². The molecule has 2 fully saturated rings. The van der Waals surface area contributed by atoms with Crippen LogP contribution >= 0.6 is 0 Å². The molecule has 0 unspecified atom stereocenters. The number of benzene rings is 1. The topological polar surface area (TPSA) is 106 Å². The summed E-state index contributed by atoms with van der Waals surface area (Å²) in [5.74, 6) is -0.703. The molecule has 2 amide bonds. The molecule has 3 aliphatic rings. The standard InChI is InChI=1S/C29H35N5O4/c1-8-26(3,4)28-16-29(38-7)25(37)32-22(13-19-15-33(17-30-19)27(5,6)14-18(2)35)23(36)34(29)24(28)31-21-12-10-9-11-20(21)28/h8-13,15,17,24,31H,1,14,16H2,2-7H3,(H,32,37)/t24-,28+,29+/m0/s1. The fourth-order valence-electron chi connectivity index (χ4n) is 6.50. The number of imidazole rings is 1. The molecule has 200 valence electrons. The van der Waals surface area contributed by atoms with Gasteiger partial charge in [-0.25, -0.2) is 4.98 Å². The maximum absolute atomic E-state index is 14.1. The number of piperazine rings is 1. The van der Waals surface area contributed by atoms with Crippen LogP contribution in [0.3, 0.4) is 0 Å². The zero-order valence-corrected chi connectivity index (χ0v) is 22.8. The van der Waals surface area contributed by atoms with Crippen molar-refractivity contribution < 1.29 is 19.1 Å². The van der Waals surface area contributed by atoms with Crippen molar-refractivity contribution in [1.29, 1.82) is 0 Å². The molecule has 0 radical (unpaired) electrons. The molecule has 0 aliphatic carbocycles. The number of aromatic nitrogens is 2. The first-order chi connectivity index (χ1) is 17.8. The zero-order valence-electron chi connectivity index (χ0n) is 22.8. The molecule has 2 saturated heterocycles. The van der Waals surface area contributed by atoms with Crippen LogP contribution in [0.4, 0.5) is 5.69 Å². The van der Waals surface area contributed by atoms with Gasteiger partial charge in [-0.05, 0) is 43.9 Å². The molecule has 5 rings (SSSR count). The summed E-state index contributed by atoms with van der Waals surface area (Å²) in [4.78, 5) is 45.6. The van der Waals surface area contributed by atoms with E-state index in [0.29, 0.717) is 12.1 Å². The molecule has 0 saturated carbocycles. The average Bonchev–Trinajstić information content (AvgIpc) is 3.53. The molecule has 0 spiro atoms. The van der Waals surface area contributed by atoms with Crippen molar-refractivity contribution in [3.63, 3.8) is 0 Å². The molecular formula is C29H35N5O4. The third-order valence-electron chi connectivity index (χ3n) is 8.66. The average molecular weight is 518 g/mol. The number of rotatable bonds is 7. The maximum atomic E-state index is 14.1. The fourth-order valence-corrected chi connectivity index (χ4v) is 6.50. The highest BCUT2D eigenvalue weighted by molar-refractivity contribution is 6.09. The second-order valence-corrected chi connectivity index (χ2v) is 11.7. The molecule has 9 heteroatoms. The molecule has 9 nitrogen and oxygen atoms in total. The molecule has 3 aliphatic heterocycles. The second-order valence-electron chi connectivity index (χ2n) is 11.7. The van der Waals surface area contributed by atoms with Gasteiger partial charge in [-0.3, -0.25) is 19.3 Å². The molecule has 1 aromatic heterocycles. The zero-order chi connectivity index (χ0) is 27.7. The first kappa shape index (κ1) is 25.9. The summed E-state index contributed by atoms with van der Waals surface area (Å²) in [5, 5.41) is 6.34. The number of anilines is 1. The monoisotopic (exact) mass is 517 g/mol. The fraction of sp³-hybridized carbons (Fsp3) is 0.448. The number of para-hydroxylation sites is 1. The van der Waals surface area contributed by atoms with Crippen molar-refractivity contribution in [3.8, 4) is 0 Å². The lowest BCUT2D eigenvalue weighted by Crippen LogP contribution is -2.66. The molecule has 3 atom stereocenters. The van der Waals surface area contributed by atoms with E-state index >= 15 is 0 Å². The summed E-state index contributed by atoms with van der Waals surface area (Å²) >= 11 is 0. The van der Waals surface area contributed by atoms with Gasteiger partial charge in [0.15, 0.2) is 0 Å². The highest BCUT2D eigenvalue weighted by Gasteiger charge is 2.73. The van der Waals surface area contributed by atoms with Crippen molar-refractivity contribution in [2.75, 3.05) is 12.4 Å². The minimum absolute atomic E-state index is 0.0688. The lowest BCUT2D eigenvalue weighted by molar-refractivity contribution is -0.180. The number of carbonyl (C=O) groups excluding carboxylic acids is 3. The number of ether oxygens (including phenoxy) is 1. The first-order valence-electron chi connectivity index (χ1n) is 12.8. The third-order valence-corrected chi connectivity index (χ3v) is 8.66. The number of fused-ring (bicyclic) bond motifs is 5. The summed E-state index contributed by atoms with van der Waals surface area (Å²) in [7, 11) is 1.47. The van der Waals surface area contributed by atoms with Crippen LogP contribution in [0.25, 0.3) is 6.08 Å². The van der Waals surface area contributed by atoms with E-state index in [1.165, 1.54) is 7.11 Å². The largest absolute Gasteiger partial charge is 0.364 e. The highest BCUT2D eigenvalue weighted by atomic mass is 16.5. The van der Waals surface area contributed by atoms with E-state index in [0.717, 1.165) is 11.3 Å². The van der Waals surface area contributed by atoms with E-state index in [-0.39, 0.29) is 23.8 Å². The van der Waals surface area contributed by atoms with Crippen LogP contribution < -0.4 is 10.6 Å². The minimum Gasteiger partial charge on any atom is -0.364 e. The lowest BCUT2D eigenvalue weighted by Gasteiger charge is -2.43. The lowest BCUT2D eigenvalue weighted by atomic mass is 9.60. The van der Waals surface area contributed by atoms with Gasteiger partial charge in [-0.1, -0.05) is 38.1 Å². The molecular weight excluding hydrogens is 482 g/mol.